The summed E-state index contributed by atoms with van der Waals surface area (Å²) < 4.78 is 0. The number of hydrogen-bond acceptors (Lipinski definition) is 2. The van der Waals surface area contributed by atoms with Gasteiger partial charge in [0.25, 0.3) is 0 Å². The lowest BCUT2D eigenvalue weighted by molar-refractivity contribution is 0.185. The maximum atomic E-state index is 9.22. The summed E-state index contributed by atoms with van der Waals surface area (Å²) in [5.41, 5.74) is 2.59. The van der Waals surface area contributed by atoms with E-state index in [-0.39, 0.29) is 6.10 Å². The molecule has 0 aliphatic heterocycles. The van der Waals surface area contributed by atoms with Gasteiger partial charge in [-0.05, 0) is 51.3 Å². The smallest absolute Gasteiger partial charge is 0.0515 e. The molecule has 0 aliphatic carbocycles. The fourth-order valence-corrected chi connectivity index (χ4v) is 1.84. The number of nitrogens with zero attached hydrogens (tertiary/aromatic N) is 1. The van der Waals surface area contributed by atoms with Crippen LogP contribution in [0.3, 0.4) is 0 Å². The second kappa shape index (κ2) is 6.54. The van der Waals surface area contributed by atoms with Gasteiger partial charge in [-0.25, -0.2) is 0 Å². The van der Waals surface area contributed by atoms with Crippen molar-refractivity contribution in [2.75, 3.05) is 18.0 Å². The van der Waals surface area contributed by atoms with E-state index in [1.807, 2.05) is 6.92 Å². The lowest BCUT2D eigenvalue weighted by atomic mass is 10.1. The molecular weight excluding hydrogens is 198 g/mol. The monoisotopic (exact) mass is 221 g/mol. The Morgan fingerprint density at radius 3 is 2.12 bits per heavy atom. The zero-order valence-electron chi connectivity index (χ0n) is 10.6. The largest absolute Gasteiger partial charge is 0.393 e. The normalized spacial score (nSPS) is 12.5. The van der Waals surface area contributed by atoms with E-state index in [2.05, 4.69) is 43.0 Å². The van der Waals surface area contributed by atoms with E-state index in [1.54, 1.807) is 0 Å². The second-order valence-corrected chi connectivity index (χ2v) is 4.23. The van der Waals surface area contributed by atoms with Gasteiger partial charge in [-0.1, -0.05) is 12.1 Å². The molecule has 0 heterocycles. The molecule has 0 saturated heterocycles. The third-order valence-electron chi connectivity index (χ3n) is 2.92. The van der Waals surface area contributed by atoms with E-state index in [9.17, 15) is 5.11 Å². The Morgan fingerprint density at radius 2 is 1.69 bits per heavy atom. The molecule has 2 heteroatoms. The van der Waals surface area contributed by atoms with Crippen molar-refractivity contribution in [2.24, 2.45) is 0 Å². The molecule has 1 aromatic carbocycles. The van der Waals surface area contributed by atoms with Crippen molar-refractivity contribution >= 4 is 5.69 Å². The van der Waals surface area contributed by atoms with Crippen molar-refractivity contribution in [1.82, 2.24) is 0 Å². The van der Waals surface area contributed by atoms with E-state index < -0.39 is 0 Å². The van der Waals surface area contributed by atoms with Gasteiger partial charge < -0.3 is 10.0 Å². The van der Waals surface area contributed by atoms with Crippen LogP contribution < -0.4 is 4.90 Å². The van der Waals surface area contributed by atoms with Crippen LogP contribution in [0.15, 0.2) is 24.3 Å². The molecule has 0 amide bonds. The number of aliphatic hydroxyl groups excluding tert-OH is 1. The second-order valence-electron chi connectivity index (χ2n) is 4.23. The maximum Gasteiger partial charge on any atom is 0.0515 e. The Morgan fingerprint density at radius 1 is 1.12 bits per heavy atom. The number of aryl methyl sites for hydroxylation is 1. The van der Waals surface area contributed by atoms with E-state index >= 15 is 0 Å². The number of aliphatic hydroxyl groups is 1. The molecule has 1 aromatic rings. The molecule has 0 radical (unpaired) electrons. The van der Waals surface area contributed by atoms with Gasteiger partial charge >= 0.3 is 0 Å². The molecule has 0 bridgehead atoms. The highest BCUT2D eigenvalue weighted by Gasteiger charge is 2.02. The number of hydrogen-bond donors (Lipinski definition) is 1. The van der Waals surface area contributed by atoms with Crippen LogP contribution in [0.25, 0.3) is 0 Å². The molecule has 2 nitrogen and oxygen atoms in total. The highest BCUT2D eigenvalue weighted by Crippen LogP contribution is 2.16. The van der Waals surface area contributed by atoms with Crippen molar-refractivity contribution in [3.05, 3.63) is 29.8 Å². The lowest BCUT2D eigenvalue weighted by Crippen LogP contribution is -2.21. The van der Waals surface area contributed by atoms with Crippen molar-refractivity contribution in [3.8, 4) is 0 Å². The summed E-state index contributed by atoms with van der Waals surface area (Å²) in [5.74, 6) is 0. The van der Waals surface area contributed by atoms with E-state index in [0.29, 0.717) is 0 Å². The molecule has 0 spiro atoms. The number of anilines is 1. The van der Waals surface area contributed by atoms with Gasteiger partial charge in [0.05, 0.1) is 6.10 Å². The minimum atomic E-state index is -0.206. The van der Waals surface area contributed by atoms with Crippen LogP contribution in [0.4, 0.5) is 5.69 Å². The van der Waals surface area contributed by atoms with Crippen molar-refractivity contribution in [2.45, 2.75) is 39.7 Å². The highest BCUT2D eigenvalue weighted by atomic mass is 16.3. The van der Waals surface area contributed by atoms with E-state index in [1.165, 1.54) is 11.3 Å². The Balaban J connectivity index is 2.60. The van der Waals surface area contributed by atoms with Crippen LogP contribution >= 0.6 is 0 Å². The summed E-state index contributed by atoms with van der Waals surface area (Å²) in [5, 5.41) is 9.22. The van der Waals surface area contributed by atoms with Crippen LogP contribution in [0.1, 0.15) is 32.8 Å². The topological polar surface area (TPSA) is 23.5 Å². The van der Waals surface area contributed by atoms with Gasteiger partial charge in [-0.2, -0.15) is 0 Å². The first kappa shape index (κ1) is 13.0. The molecule has 0 unspecified atom stereocenters. The molecule has 90 valence electrons. The molecule has 16 heavy (non-hydrogen) atoms. The van der Waals surface area contributed by atoms with Gasteiger partial charge in [-0.15, -0.1) is 0 Å². The fourth-order valence-electron chi connectivity index (χ4n) is 1.84. The summed E-state index contributed by atoms with van der Waals surface area (Å²) in [7, 11) is 0. The summed E-state index contributed by atoms with van der Waals surface area (Å²) in [6.07, 6.45) is 1.59. The minimum Gasteiger partial charge on any atom is -0.393 e. The third kappa shape index (κ3) is 3.86. The fraction of sp³-hybridized carbons (Fsp3) is 0.571. The van der Waals surface area contributed by atoms with Gasteiger partial charge in [-0.3, -0.25) is 0 Å². The molecule has 0 saturated carbocycles. The zero-order chi connectivity index (χ0) is 12.0. The van der Waals surface area contributed by atoms with Gasteiger partial charge in [0.1, 0.15) is 0 Å². The maximum absolute atomic E-state index is 9.22. The predicted octanol–water partition coefficient (Wildman–Crippen LogP) is 2.85. The first-order valence-electron chi connectivity index (χ1n) is 6.19. The first-order valence-corrected chi connectivity index (χ1v) is 6.19. The molecule has 0 aromatic heterocycles. The lowest BCUT2D eigenvalue weighted by Gasteiger charge is -2.21. The summed E-state index contributed by atoms with van der Waals surface area (Å²) in [6, 6.07) is 8.67. The van der Waals surface area contributed by atoms with Crippen molar-refractivity contribution in [1.29, 1.82) is 0 Å². The van der Waals surface area contributed by atoms with Crippen LogP contribution in [-0.4, -0.2) is 24.3 Å². The third-order valence-corrected chi connectivity index (χ3v) is 2.92. The Hall–Kier alpha value is -1.02. The average Bonchev–Trinajstić information content (AvgIpc) is 2.29. The summed E-state index contributed by atoms with van der Waals surface area (Å²) >= 11 is 0. The summed E-state index contributed by atoms with van der Waals surface area (Å²) in [4.78, 5) is 2.33. The van der Waals surface area contributed by atoms with Crippen LogP contribution in [0.2, 0.25) is 0 Å². The number of benzene rings is 1. The SMILES string of the molecule is CCN(CC)c1ccc(CC[C@H](C)O)cc1. The van der Waals surface area contributed by atoms with Crippen LogP contribution in [-0.2, 0) is 6.42 Å². The Bertz CT molecular complexity index is 288. The minimum absolute atomic E-state index is 0.206. The molecule has 0 aliphatic rings. The molecule has 1 atom stereocenters. The van der Waals surface area contributed by atoms with Gasteiger partial charge in [0.15, 0.2) is 0 Å². The zero-order valence-corrected chi connectivity index (χ0v) is 10.6. The quantitative estimate of drug-likeness (QED) is 0.798. The highest BCUT2D eigenvalue weighted by molar-refractivity contribution is 5.47. The van der Waals surface area contributed by atoms with Crippen LogP contribution in [0.5, 0.6) is 0 Å². The van der Waals surface area contributed by atoms with Gasteiger partial charge in [0, 0.05) is 18.8 Å². The number of rotatable bonds is 6. The van der Waals surface area contributed by atoms with E-state index in [4.69, 9.17) is 0 Å². The van der Waals surface area contributed by atoms with Crippen LogP contribution in [0, 0.1) is 0 Å². The Kier molecular flexibility index (Phi) is 5.33. The Labute approximate surface area is 98.9 Å². The first-order chi connectivity index (χ1) is 7.67. The average molecular weight is 221 g/mol. The van der Waals surface area contributed by atoms with E-state index in [0.717, 1.165) is 25.9 Å². The van der Waals surface area contributed by atoms with Crippen molar-refractivity contribution < 1.29 is 5.11 Å². The standard InChI is InChI=1S/C14H23NO/c1-4-15(5-2)14-10-8-13(9-11-14)7-6-12(3)16/h8-12,16H,4-7H2,1-3H3/t12-/m0/s1. The molecule has 0 fully saturated rings. The molecule has 1 N–H and O–H groups in total. The molecule has 1 rings (SSSR count). The van der Waals surface area contributed by atoms with Gasteiger partial charge in [0.2, 0.25) is 0 Å². The van der Waals surface area contributed by atoms with Crippen molar-refractivity contribution in [3.63, 3.8) is 0 Å². The predicted molar refractivity (Wildman–Crippen MR) is 70.0 cm³/mol. The summed E-state index contributed by atoms with van der Waals surface area (Å²) in [6.45, 7) is 8.27. The molecular formula is C14H23NO.